The van der Waals surface area contributed by atoms with Gasteiger partial charge in [-0.25, -0.2) is 0 Å². The van der Waals surface area contributed by atoms with Crippen molar-refractivity contribution >= 4 is 11.6 Å². The molecule has 0 aliphatic rings. The predicted octanol–water partition coefficient (Wildman–Crippen LogP) is 2.15. The van der Waals surface area contributed by atoms with Gasteiger partial charge in [0.1, 0.15) is 5.75 Å². The highest BCUT2D eigenvalue weighted by atomic mass is 16.5. The van der Waals surface area contributed by atoms with Gasteiger partial charge in [-0.2, -0.15) is 0 Å². The maximum atomic E-state index is 11.8. The number of nitrogens with one attached hydrogen (secondary N) is 1. The van der Waals surface area contributed by atoms with Gasteiger partial charge in [0.2, 0.25) is 5.91 Å². The normalized spacial score (nSPS) is 11.4. The topological polar surface area (TPSA) is 64.3 Å². The largest absolute Gasteiger partial charge is 0.489 e. The van der Waals surface area contributed by atoms with E-state index in [0.29, 0.717) is 11.4 Å². The molecule has 1 amide bonds. The van der Waals surface area contributed by atoms with Crippen LogP contribution in [0, 0.1) is 0 Å². The summed E-state index contributed by atoms with van der Waals surface area (Å²) in [6.07, 6.45) is 0.0546. The van der Waals surface area contributed by atoms with E-state index in [0.717, 1.165) is 0 Å². The third-order valence-corrected chi connectivity index (χ3v) is 2.08. The van der Waals surface area contributed by atoms with Crippen molar-refractivity contribution in [2.24, 2.45) is 5.73 Å². The molecule has 0 unspecified atom stereocenters. The molecule has 94 valence electrons. The van der Waals surface area contributed by atoms with Crippen LogP contribution in [0.4, 0.5) is 5.69 Å². The number of anilines is 1. The van der Waals surface area contributed by atoms with Crippen LogP contribution in [0.3, 0.4) is 0 Å². The van der Waals surface area contributed by atoms with Crippen LogP contribution in [0.2, 0.25) is 0 Å². The summed E-state index contributed by atoms with van der Waals surface area (Å²) in [6, 6.07) is 7.31. The number of rotatable bonds is 4. The van der Waals surface area contributed by atoms with Crippen LogP contribution in [0.1, 0.15) is 27.7 Å². The van der Waals surface area contributed by atoms with Gasteiger partial charge in [0.15, 0.2) is 0 Å². The number of nitrogens with two attached hydrogens (primary N) is 1. The fraction of sp³-hybridized carbons (Fsp3) is 0.462. The number of hydrogen-bond donors (Lipinski definition) is 2. The van der Waals surface area contributed by atoms with Crippen molar-refractivity contribution in [3.05, 3.63) is 24.3 Å². The Hall–Kier alpha value is -1.55. The third-order valence-electron chi connectivity index (χ3n) is 2.08. The van der Waals surface area contributed by atoms with Gasteiger partial charge >= 0.3 is 0 Å². The van der Waals surface area contributed by atoms with E-state index in [-0.39, 0.29) is 12.0 Å². The molecular formula is C13H20N2O2. The Morgan fingerprint density at radius 2 is 1.94 bits per heavy atom. The van der Waals surface area contributed by atoms with E-state index in [1.165, 1.54) is 0 Å². The van der Waals surface area contributed by atoms with Crippen LogP contribution in [-0.4, -0.2) is 17.6 Å². The summed E-state index contributed by atoms with van der Waals surface area (Å²) < 4.78 is 5.60. The Balaban J connectivity index is 2.87. The van der Waals surface area contributed by atoms with Crippen LogP contribution in [0.25, 0.3) is 0 Å². The molecule has 4 nitrogen and oxygen atoms in total. The first-order valence-electron chi connectivity index (χ1n) is 5.66. The smallest absolute Gasteiger partial charge is 0.243 e. The Bertz CT molecular complexity index is 395. The van der Waals surface area contributed by atoms with Crippen LogP contribution in [0.15, 0.2) is 24.3 Å². The van der Waals surface area contributed by atoms with E-state index in [9.17, 15) is 4.79 Å². The lowest BCUT2D eigenvalue weighted by Crippen LogP contribution is -2.45. The lowest BCUT2D eigenvalue weighted by atomic mass is 10.1. The number of carbonyl (C=O) groups excluding carboxylic acids is 1. The van der Waals surface area contributed by atoms with Gasteiger partial charge in [-0.15, -0.1) is 0 Å². The molecule has 1 aromatic carbocycles. The molecule has 0 saturated carbocycles. The van der Waals surface area contributed by atoms with Crippen LogP contribution >= 0.6 is 0 Å². The number of ether oxygens (including phenoxy) is 1. The molecule has 0 radical (unpaired) electrons. The minimum Gasteiger partial charge on any atom is -0.489 e. The van der Waals surface area contributed by atoms with Gasteiger partial charge in [-0.3, -0.25) is 4.79 Å². The minimum absolute atomic E-state index is 0.0546. The molecule has 0 bridgehead atoms. The average molecular weight is 236 g/mol. The second-order valence-corrected chi connectivity index (χ2v) is 4.84. The van der Waals surface area contributed by atoms with E-state index >= 15 is 0 Å². The number of amides is 1. The van der Waals surface area contributed by atoms with E-state index < -0.39 is 5.54 Å². The molecule has 17 heavy (non-hydrogen) atoms. The van der Waals surface area contributed by atoms with Crippen LogP contribution < -0.4 is 15.8 Å². The molecule has 0 atom stereocenters. The van der Waals surface area contributed by atoms with Crippen molar-refractivity contribution in [3.63, 3.8) is 0 Å². The maximum absolute atomic E-state index is 11.8. The zero-order chi connectivity index (χ0) is 13.1. The molecule has 0 aromatic heterocycles. The first kappa shape index (κ1) is 13.5. The number of hydrogen-bond acceptors (Lipinski definition) is 3. The molecular weight excluding hydrogens is 216 g/mol. The predicted molar refractivity (Wildman–Crippen MR) is 69.1 cm³/mol. The summed E-state index contributed by atoms with van der Waals surface area (Å²) in [7, 11) is 0. The Kier molecular flexibility index (Phi) is 4.12. The highest BCUT2D eigenvalue weighted by molar-refractivity contribution is 5.98. The SMILES string of the molecule is CC(C)Oc1ccccc1NC(=O)C(C)(C)N. The van der Waals surface area contributed by atoms with Crippen molar-refractivity contribution < 1.29 is 9.53 Å². The lowest BCUT2D eigenvalue weighted by molar-refractivity contribution is -0.120. The zero-order valence-corrected chi connectivity index (χ0v) is 10.8. The standard InChI is InChI=1S/C13H20N2O2/c1-9(2)17-11-8-6-5-7-10(11)15-12(16)13(3,4)14/h5-9H,14H2,1-4H3,(H,15,16). The van der Waals surface area contributed by atoms with E-state index in [2.05, 4.69) is 5.32 Å². The molecule has 0 aliphatic heterocycles. The molecule has 0 spiro atoms. The van der Waals surface area contributed by atoms with Gasteiger partial charge in [-0.1, -0.05) is 12.1 Å². The van der Waals surface area contributed by atoms with Crippen molar-refractivity contribution in [1.82, 2.24) is 0 Å². The highest BCUT2D eigenvalue weighted by Crippen LogP contribution is 2.25. The summed E-state index contributed by atoms with van der Waals surface area (Å²) >= 11 is 0. The number of carbonyl (C=O) groups is 1. The maximum Gasteiger partial charge on any atom is 0.243 e. The Morgan fingerprint density at radius 3 is 2.47 bits per heavy atom. The molecule has 4 heteroatoms. The second kappa shape index (κ2) is 5.19. The second-order valence-electron chi connectivity index (χ2n) is 4.84. The highest BCUT2D eigenvalue weighted by Gasteiger charge is 2.22. The Labute approximate surface area is 102 Å². The van der Waals surface area contributed by atoms with Crippen molar-refractivity contribution in [1.29, 1.82) is 0 Å². The molecule has 0 heterocycles. The van der Waals surface area contributed by atoms with Crippen molar-refractivity contribution in [2.45, 2.75) is 39.3 Å². The van der Waals surface area contributed by atoms with Gasteiger partial charge in [-0.05, 0) is 39.8 Å². The molecule has 3 N–H and O–H groups in total. The molecule has 1 rings (SSSR count). The quantitative estimate of drug-likeness (QED) is 0.842. The van der Waals surface area contributed by atoms with Crippen LogP contribution in [0.5, 0.6) is 5.75 Å². The van der Waals surface area contributed by atoms with Crippen molar-refractivity contribution in [3.8, 4) is 5.75 Å². The third kappa shape index (κ3) is 4.07. The number of benzene rings is 1. The Morgan fingerprint density at radius 1 is 1.35 bits per heavy atom. The summed E-state index contributed by atoms with van der Waals surface area (Å²) in [4.78, 5) is 11.8. The molecule has 1 aromatic rings. The van der Waals surface area contributed by atoms with E-state index in [1.807, 2.05) is 32.0 Å². The zero-order valence-electron chi connectivity index (χ0n) is 10.8. The fourth-order valence-corrected chi connectivity index (χ4v) is 1.21. The first-order valence-corrected chi connectivity index (χ1v) is 5.66. The minimum atomic E-state index is -0.912. The van der Waals surface area contributed by atoms with E-state index in [4.69, 9.17) is 10.5 Å². The molecule has 0 saturated heterocycles. The lowest BCUT2D eigenvalue weighted by Gasteiger charge is -2.20. The summed E-state index contributed by atoms with van der Waals surface area (Å²) in [5, 5.41) is 2.77. The summed E-state index contributed by atoms with van der Waals surface area (Å²) in [5.41, 5.74) is 5.46. The van der Waals surface area contributed by atoms with Gasteiger partial charge < -0.3 is 15.8 Å². The summed E-state index contributed by atoms with van der Waals surface area (Å²) in [5.74, 6) is 0.414. The van der Waals surface area contributed by atoms with E-state index in [1.54, 1.807) is 19.9 Å². The first-order chi connectivity index (χ1) is 7.80. The van der Waals surface area contributed by atoms with Gasteiger partial charge in [0, 0.05) is 0 Å². The monoisotopic (exact) mass is 236 g/mol. The molecule has 0 aliphatic carbocycles. The number of para-hydroxylation sites is 2. The summed E-state index contributed by atoms with van der Waals surface area (Å²) in [6.45, 7) is 7.19. The van der Waals surface area contributed by atoms with Crippen molar-refractivity contribution in [2.75, 3.05) is 5.32 Å². The van der Waals surface area contributed by atoms with Gasteiger partial charge in [0.25, 0.3) is 0 Å². The fourth-order valence-electron chi connectivity index (χ4n) is 1.21. The van der Waals surface area contributed by atoms with Crippen LogP contribution in [-0.2, 0) is 4.79 Å². The molecule has 0 fully saturated rings. The van der Waals surface area contributed by atoms with Gasteiger partial charge in [0.05, 0.1) is 17.3 Å². The average Bonchev–Trinajstić information content (AvgIpc) is 2.18.